The summed E-state index contributed by atoms with van der Waals surface area (Å²) in [6.07, 6.45) is 0. The number of benzene rings is 1. The van der Waals surface area contributed by atoms with Crippen LogP contribution in [0.4, 0.5) is 5.69 Å². The summed E-state index contributed by atoms with van der Waals surface area (Å²) in [4.78, 5) is 27.9. The van der Waals surface area contributed by atoms with Gasteiger partial charge in [-0.05, 0) is 18.2 Å². The number of hydrogen-bond acceptors (Lipinski definition) is 4. The average molecular weight is 345 g/mol. The van der Waals surface area contributed by atoms with Crippen molar-refractivity contribution in [3.05, 3.63) is 28.2 Å². The fourth-order valence-corrected chi connectivity index (χ4v) is 2.72. The fraction of sp³-hybridized carbons (Fsp3) is 0.429. The lowest BCUT2D eigenvalue weighted by atomic mass is 10.3. The predicted molar refractivity (Wildman–Crippen MR) is 87.2 cm³/mol. The Hall–Kier alpha value is -1.34. The summed E-state index contributed by atoms with van der Waals surface area (Å²) < 4.78 is 0. The minimum atomic E-state index is -0.698. The molecule has 120 valence electrons. The maximum absolute atomic E-state index is 12.1. The summed E-state index contributed by atoms with van der Waals surface area (Å²) in [6, 6.07) is 4.67. The molecule has 0 radical (unpaired) electrons. The fourth-order valence-electron chi connectivity index (χ4n) is 2.27. The van der Waals surface area contributed by atoms with Crippen molar-refractivity contribution in [2.75, 3.05) is 44.6 Å². The lowest BCUT2D eigenvalue weighted by Gasteiger charge is -2.34. The summed E-state index contributed by atoms with van der Waals surface area (Å²) in [7, 11) is 0. The first-order valence-corrected chi connectivity index (χ1v) is 7.74. The van der Waals surface area contributed by atoms with Crippen molar-refractivity contribution in [2.45, 2.75) is 0 Å². The Morgan fingerprint density at radius 2 is 1.86 bits per heavy atom. The van der Waals surface area contributed by atoms with Crippen molar-refractivity contribution in [1.29, 1.82) is 0 Å². The number of hydrogen-bond donors (Lipinski definition) is 2. The van der Waals surface area contributed by atoms with Gasteiger partial charge in [-0.15, -0.1) is 0 Å². The topological polar surface area (TPSA) is 78.7 Å². The number of nitrogens with one attached hydrogen (secondary N) is 1. The molecule has 1 fully saturated rings. The molecule has 0 aromatic heterocycles. The third-order valence-corrected chi connectivity index (χ3v) is 4.03. The molecular weight excluding hydrogens is 327 g/mol. The molecule has 1 aromatic rings. The van der Waals surface area contributed by atoms with Crippen molar-refractivity contribution in [2.24, 2.45) is 5.73 Å². The van der Waals surface area contributed by atoms with Crippen LogP contribution in [0.1, 0.15) is 0 Å². The third kappa shape index (κ3) is 4.33. The molecule has 3 N–H and O–H groups in total. The van der Waals surface area contributed by atoms with Crippen LogP contribution < -0.4 is 11.1 Å². The zero-order valence-electron chi connectivity index (χ0n) is 12.0. The van der Waals surface area contributed by atoms with Crippen LogP contribution in [0.2, 0.25) is 10.0 Å². The number of amides is 2. The number of carbonyl (C=O) groups excluding carboxylic acids is 2. The van der Waals surface area contributed by atoms with Crippen LogP contribution in [-0.4, -0.2) is 60.9 Å². The van der Waals surface area contributed by atoms with Crippen LogP contribution in [0.3, 0.4) is 0 Å². The van der Waals surface area contributed by atoms with Crippen LogP contribution >= 0.6 is 23.2 Å². The predicted octanol–water partition coefficient (Wildman–Crippen LogP) is 1.03. The van der Waals surface area contributed by atoms with Crippen LogP contribution in [0, 0.1) is 0 Å². The number of piperazine rings is 1. The maximum Gasteiger partial charge on any atom is 0.313 e. The molecule has 0 bridgehead atoms. The summed E-state index contributed by atoms with van der Waals surface area (Å²) >= 11 is 11.8. The lowest BCUT2D eigenvalue weighted by molar-refractivity contribution is -0.144. The van der Waals surface area contributed by atoms with E-state index in [0.717, 1.165) is 19.6 Å². The van der Waals surface area contributed by atoms with E-state index in [2.05, 4.69) is 10.2 Å². The van der Waals surface area contributed by atoms with E-state index in [1.165, 1.54) is 11.0 Å². The SMILES string of the molecule is NCCN1CCN(C(=O)C(=O)Nc2ccc(Cl)cc2Cl)CC1. The molecule has 1 aliphatic heterocycles. The summed E-state index contributed by atoms with van der Waals surface area (Å²) in [6.45, 7) is 3.86. The van der Waals surface area contributed by atoms with Crippen LogP contribution in [0.5, 0.6) is 0 Å². The van der Waals surface area contributed by atoms with Crippen LogP contribution in [0.25, 0.3) is 0 Å². The second-order valence-corrected chi connectivity index (χ2v) is 5.84. The van der Waals surface area contributed by atoms with Crippen molar-refractivity contribution >= 4 is 40.7 Å². The van der Waals surface area contributed by atoms with Gasteiger partial charge < -0.3 is 16.0 Å². The molecule has 2 rings (SSSR count). The Morgan fingerprint density at radius 3 is 2.45 bits per heavy atom. The van der Waals surface area contributed by atoms with Gasteiger partial charge in [-0.1, -0.05) is 23.2 Å². The van der Waals surface area contributed by atoms with Gasteiger partial charge in [0.1, 0.15) is 0 Å². The molecule has 0 atom stereocenters. The largest absolute Gasteiger partial charge is 0.332 e. The first-order valence-electron chi connectivity index (χ1n) is 6.99. The number of nitrogens with zero attached hydrogens (tertiary/aromatic N) is 2. The Labute approximate surface area is 139 Å². The molecule has 2 amide bonds. The van der Waals surface area contributed by atoms with Gasteiger partial charge in [-0.3, -0.25) is 14.5 Å². The van der Waals surface area contributed by atoms with E-state index >= 15 is 0 Å². The van der Waals surface area contributed by atoms with Gasteiger partial charge in [0, 0.05) is 44.3 Å². The minimum Gasteiger partial charge on any atom is -0.332 e. The molecule has 8 heteroatoms. The van der Waals surface area contributed by atoms with Gasteiger partial charge in [-0.2, -0.15) is 0 Å². The molecule has 1 saturated heterocycles. The van der Waals surface area contributed by atoms with Crippen LogP contribution in [-0.2, 0) is 9.59 Å². The number of carbonyl (C=O) groups is 2. The van der Waals surface area contributed by atoms with Gasteiger partial charge >= 0.3 is 11.8 Å². The first-order chi connectivity index (χ1) is 10.5. The summed E-state index contributed by atoms with van der Waals surface area (Å²) in [5, 5.41) is 3.27. The molecule has 1 aliphatic rings. The van der Waals surface area contributed by atoms with E-state index in [4.69, 9.17) is 28.9 Å². The molecule has 1 heterocycles. The van der Waals surface area contributed by atoms with Gasteiger partial charge in [0.2, 0.25) is 0 Å². The Morgan fingerprint density at radius 1 is 1.18 bits per heavy atom. The second kappa shape index (κ2) is 7.78. The Kier molecular flexibility index (Phi) is 6.02. The molecule has 6 nitrogen and oxygen atoms in total. The van der Waals surface area contributed by atoms with Crippen LogP contribution in [0.15, 0.2) is 18.2 Å². The van der Waals surface area contributed by atoms with Gasteiger partial charge in [0.25, 0.3) is 0 Å². The number of nitrogens with two attached hydrogens (primary N) is 1. The Bertz CT molecular complexity index is 560. The summed E-state index contributed by atoms with van der Waals surface area (Å²) in [5.41, 5.74) is 5.87. The molecular formula is C14H18Cl2N4O2. The van der Waals surface area contributed by atoms with Crippen molar-refractivity contribution in [3.8, 4) is 0 Å². The van der Waals surface area contributed by atoms with Gasteiger partial charge in [-0.25, -0.2) is 0 Å². The number of rotatable bonds is 3. The van der Waals surface area contributed by atoms with Gasteiger partial charge in [0.15, 0.2) is 0 Å². The van der Waals surface area contributed by atoms with Crippen molar-refractivity contribution in [1.82, 2.24) is 9.80 Å². The zero-order chi connectivity index (χ0) is 16.1. The molecule has 0 spiro atoms. The maximum atomic E-state index is 12.1. The molecule has 1 aromatic carbocycles. The monoisotopic (exact) mass is 344 g/mol. The first kappa shape index (κ1) is 17.0. The van der Waals surface area contributed by atoms with E-state index in [0.29, 0.717) is 35.4 Å². The molecule has 0 aliphatic carbocycles. The van der Waals surface area contributed by atoms with E-state index in [1.807, 2.05) is 0 Å². The van der Waals surface area contributed by atoms with Gasteiger partial charge in [0.05, 0.1) is 10.7 Å². The highest BCUT2D eigenvalue weighted by Gasteiger charge is 2.26. The average Bonchev–Trinajstić information content (AvgIpc) is 2.50. The highest BCUT2D eigenvalue weighted by Crippen LogP contribution is 2.25. The van der Waals surface area contributed by atoms with Crippen molar-refractivity contribution < 1.29 is 9.59 Å². The quantitative estimate of drug-likeness (QED) is 0.803. The van der Waals surface area contributed by atoms with E-state index in [-0.39, 0.29) is 0 Å². The highest BCUT2D eigenvalue weighted by molar-refractivity contribution is 6.42. The normalized spacial score (nSPS) is 15.7. The van der Waals surface area contributed by atoms with E-state index in [1.54, 1.807) is 12.1 Å². The smallest absolute Gasteiger partial charge is 0.313 e. The summed E-state index contributed by atoms with van der Waals surface area (Å²) in [5.74, 6) is -1.25. The highest BCUT2D eigenvalue weighted by atomic mass is 35.5. The number of halogens is 2. The molecule has 22 heavy (non-hydrogen) atoms. The lowest BCUT2D eigenvalue weighted by Crippen LogP contribution is -2.52. The van der Waals surface area contributed by atoms with E-state index in [9.17, 15) is 9.59 Å². The second-order valence-electron chi connectivity index (χ2n) is 5.00. The molecule has 0 saturated carbocycles. The standard InChI is InChI=1S/C14H18Cl2N4O2/c15-10-1-2-12(11(16)9-10)18-13(21)14(22)20-7-5-19(4-3-17)6-8-20/h1-2,9H,3-8,17H2,(H,18,21). The minimum absolute atomic E-state index is 0.293. The Balaban J connectivity index is 1.91. The van der Waals surface area contributed by atoms with E-state index < -0.39 is 11.8 Å². The third-order valence-electron chi connectivity index (χ3n) is 3.48. The van der Waals surface area contributed by atoms with Crippen molar-refractivity contribution in [3.63, 3.8) is 0 Å². The zero-order valence-corrected chi connectivity index (χ0v) is 13.5. The number of anilines is 1. The molecule has 0 unspecified atom stereocenters.